The maximum Gasteiger partial charge on any atom is 0.306 e. The van der Waals surface area contributed by atoms with Crippen LogP contribution in [-0.2, 0) is 19.1 Å². The third-order valence-corrected chi connectivity index (χ3v) is 8.47. The third kappa shape index (κ3) is 38.1. The van der Waals surface area contributed by atoms with Crippen LogP contribution in [0.4, 0.5) is 0 Å². The van der Waals surface area contributed by atoms with E-state index in [0.29, 0.717) is 19.3 Å². The van der Waals surface area contributed by atoms with Crippen molar-refractivity contribution in [2.75, 3.05) is 13.2 Å². The smallest absolute Gasteiger partial charge is 0.306 e. The molecule has 0 bridgehead atoms. The van der Waals surface area contributed by atoms with Crippen molar-refractivity contribution in [1.29, 1.82) is 0 Å². The highest BCUT2D eigenvalue weighted by Gasteiger charge is 2.16. The number of aliphatic hydroxyl groups excluding tert-OH is 1. The molecule has 0 heterocycles. The first-order chi connectivity index (χ1) is 24.6. The second-order valence-electron chi connectivity index (χ2n) is 13.4. The summed E-state index contributed by atoms with van der Waals surface area (Å²) in [4.78, 5) is 24.3. The van der Waals surface area contributed by atoms with Crippen LogP contribution < -0.4 is 0 Å². The molecule has 0 fully saturated rings. The second kappa shape index (κ2) is 40.8. The molecule has 1 atom stereocenters. The maximum atomic E-state index is 12.2. The van der Waals surface area contributed by atoms with Crippen LogP contribution in [0.5, 0.6) is 0 Å². The number of rotatable bonds is 36. The van der Waals surface area contributed by atoms with E-state index in [2.05, 4.69) is 86.8 Å². The van der Waals surface area contributed by atoms with Crippen LogP contribution in [0.15, 0.2) is 72.9 Å². The van der Waals surface area contributed by atoms with Gasteiger partial charge in [0.05, 0.1) is 6.61 Å². The molecule has 0 aromatic carbocycles. The number of aliphatic hydroxyl groups is 1. The molecule has 0 amide bonds. The lowest BCUT2D eigenvalue weighted by Crippen LogP contribution is -2.28. The number of allylic oxidation sites excluding steroid dienone is 12. The molecule has 0 aliphatic heterocycles. The quantitative estimate of drug-likeness (QED) is 0.0401. The fourth-order valence-corrected chi connectivity index (χ4v) is 5.34. The predicted molar refractivity (Wildman–Crippen MR) is 214 cm³/mol. The van der Waals surface area contributed by atoms with E-state index in [1.54, 1.807) is 0 Å². The lowest BCUT2D eigenvalue weighted by Gasteiger charge is -2.15. The number of carbonyl (C=O) groups excluding carboxylic acids is 2. The summed E-state index contributed by atoms with van der Waals surface area (Å²) in [5, 5.41) is 9.56. The Morgan fingerprint density at radius 1 is 0.460 bits per heavy atom. The first-order valence-electron chi connectivity index (χ1n) is 20.5. The zero-order valence-corrected chi connectivity index (χ0v) is 32.4. The zero-order valence-electron chi connectivity index (χ0n) is 32.4. The van der Waals surface area contributed by atoms with Gasteiger partial charge in [0, 0.05) is 12.8 Å². The summed E-state index contributed by atoms with van der Waals surface area (Å²) in [6.45, 7) is 4.02. The van der Waals surface area contributed by atoms with Crippen molar-refractivity contribution in [3.8, 4) is 0 Å². The molecular weight excluding hydrogens is 620 g/mol. The Labute approximate surface area is 308 Å². The molecule has 5 heteroatoms. The summed E-state index contributed by atoms with van der Waals surface area (Å²) in [5.41, 5.74) is 0. The van der Waals surface area contributed by atoms with Gasteiger partial charge in [-0.15, -0.1) is 0 Å². The number of hydrogen-bond donors (Lipinski definition) is 1. The van der Waals surface area contributed by atoms with Crippen LogP contribution in [0.2, 0.25) is 0 Å². The van der Waals surface area contributed by atoms with Gasteiger partial charge in [-0.1, -0.05) is 157 Å². The van der Waals surface area contributed by atoms with E-state index in [1.165, 1.54) is 96.3 Å². The van der Waals surface area contributed by atoms with Gasteiger partial charge in [-0.3, -0.25) is 9.59 Å². The van der Waals surface area contributed by atoms with Crippen molar-refractivity contribution in [2.45, 2.75) is 187 Å². The van der Waals surface area contributed by atoms with E-state index in [1.807, 2.05) is 0 Å². The molecule has 0 aromatic rings. The average Bonchev–Trinajstić information content (AvgIpc) is 3.12. The molecule has 0 spiro atoms. The van der Waals surface area contributed by atoms with Gasteiger partial charge in [0.1, 0.15) is 6.61 Å². The van der Waals surface area contributed by atoms with Crippen LogP contribution in [0.1, 0.15) is 181 Å². The van der Waals surface area contributed by atoms with Gasteiger partial charge in [0.2, 0.25) is 0 Å². The Hall–Kier alpha value is -2.66. The number of unbranched alkanes of at least 4 members (excludes halogenated alkanes) is 16. The Kier molecular flexibility index (Phi) is 38.6. The standard InChI is InChI=1S/C45H76O5/c1-3-5-7-9-11-13-15-17-19-21-22-24-26-28-30-32-34-36-38-40-45(48)50-43(41-46)42-49-44(47)39-37-35-33-31-29-27-25-23-20-18-16-14-12-10-8-6-4-2/h11-14,17-20,25,27,31,33,43,46H,3-10,15-16,21-24,26,28-30,32,34-42H2,1-2H3/t43-/m0/s1. The Morgan fingerprint density at radius 3 is 1.26 bits per heavy atom. The lowest BCUT2D eigenvalue weighted by molar-refractivity contribution is -0.161. The molecule has 0 aliphatic carbocycles. The molecule has 0 radical (unpaired) electrons. The fourth-order valence-electron chi connectivity index (χ4n) is 5.34. The minimum absolute atomic E-state index is 0.0990. The summed E-state index contributed by atoms with van der Waals surface area (Å²) in [6, 6.07) is 0. The van der Waals surface area contributed by atoms with Crippen LogP contribution in [-0.4, -0.2) is 36.4 Å². The van der Waals surface area contributed by atoms with Gasteiger partial charge in [0.25, 0.3) is 0 Å². The second-order valence-corrected chi connectivity index (χ2v) is 13.4. The largest absolute Gasteiger partial charge is 0.462 e. The Bertz CT molecular complexity index is 926. The minimum atomic E-state index is -0.798. The summed E-state index contributed by atoms with van der Waals surface area (Å²) in [6.07, 6.45) is 53.9. The minimum Gasteiger partial charge on any atom is -0.462 e. The van der Waals surface area contributed by atoms with Crippen molar-refractivity contribution < 1.29 is 24.2 Å². The molecule has 0 unspecified atom stereocenters. The molecule has 50 heavy (non-hydrogen) atoms. The predicted octanol–water partition coefficient (Wildman–Crippen LogP) is 13.0. The molecule has 5 nitrogen and oxygen atoms in total. The van der Waals surface area contributed by atoms with Crippen LogP contribution >= 0.6 is 0 Å². The van der Waals surface area contributed by atoms with E-state index in [9.17, 15) is 14.7 Å². The van der Waals surface area contributed by atoms with Crippen LogP contribution in [0, 0.1) is 0 Å². The van der Waals surface area contributed by atoms with Gasteiger partial charge >= 0.3 is 11.9 Å². The molecule has 0 aliphatic rings. The molecule has 286 valence electrons. The third-order valence-electron chi connectivity index (χ3n) is 8.47. The van der Waals surface area contributed by atoms with Gasteiger partial charge in [-0.2, -0.15) is 0 Å². The first kappa shape index (κ1) is 47.3. The molecular formula is C45H76O5. The average molecular weight is 697 g/mol. The number of ether oxygens (including phenoxy) is 2. The van der Waals surface area contributed by atoms with Gasteiger partial charge in [-0.05, 0) is 83.5 Å². The van der Waals surface area contributed by atoms with Crippen LogP contribution in [0.25, 0.3) is 0 Å². The summed E-state index contributed by atoms with van der Waals surface area (Å²) >= 11 is 0. The van der Waals surface area contributed by atoms with Crippen LogP contribution in [0.3, 0.4) is 0 Å². The van der Waals surface area contributed by atoms with Crippen molar-refractivity contribution in [3.63, 3.8) is 0 Å². The lowest BCUT2D eigenvalue weighted by atomic mass is 10.1. The number of hydrogen-bond acceptors (Lipinski definition) is 5. The monoisotopic (exact) mass is 697 g/mol. The van der Waals surface area contributed by atoms with E-state index in [4.69, 9.17) is 9.47 Å². The summed E-state index contributed by atoms with van der Waals surface area (Å²) < 4.78 is 10.6. The Balaban J connectivity index is 3.66. The van der Waals surface area contributed by atoms with E-state index in [0.717, 1.165) is 51.4 Å². The van der Waals surface area contributed by atoms with Gasteiger partial charge < -0.3 is 14.6 Å². The topological polar surface area (TPSA) is 72.8 Å². The first-order valence-corrected chi connectivity index (χ1v) is 20.5. The highest BCUT2D eigenvalue weighted by Crippen LogP contribution is 2.13. The highest BCUT2D eigenvalue weighted by molar-refractivity contribution is 5.70. The highest BCUT2D eigenvalue weighted by atomic mass is 16.6. The normalized spacial score (nSPS) is 12.9. The summed E-state index contributed by atoms with van der Waals surface area (Å²) in [7, 11) is 0. The molecule has 0 saturated heterocycles. The van der Waals surface area contributed by atoms with E-state index >= 15 is 0 Å². The van der Waals surface area contributed by atoms with Crippen molar-refractivity contribution in [1.82, 2.24) is 0 Å². The SMILES string of the molecule is CCCCCC=CCC=CCC=CCC=CCCCC(=O)OC[C@H](CO)OC(=O)CCCCCCCCCCCC=CCC=CCCCCC. The number of carbonyl (C=O) groups is 2. The fraction of sp³-hybridized carbons (Fsp3) is 0.689. The molecule has 0 saturated carbocycles. The van der Waals surface area contributed by atoms with Gasteiger partial charge in [-0.25, -0.2) is 0 Å². The van der Waals surface area contributed by atoms with Crippen molar-refractivity contribution in [3.05, 3.63) is 72.9 Å². The zero-order chi connectivity index (χ0) is 36.4. The van der Waals surface area contributed by atoms with Crippen molar-refractivity contribution in [2.24, 2.45) is 0 Å². The molecule has 0 aromatic heterocycles. The Morgan fingerprint density at radius 2 is 0.820 bits per heavy atom. The maximum absolute atomic E-state index is 12.2. The van der Waals surface area contributed by atoms with E-state index < -0.39 is 6.10 Å². The molecule has 1 N–H and O–H groups in total. The molecule has 0 rings (SSSR count). The summed E-state index contributed by atoms with van der Waals surface area (Å²) in [5.74, 6) is -0.665. The van der Waals surface area contributed by atoms with E-state index in [-0.39, 0.29) is 25.2 Å². The van der Waals surface area contributed by atoms with Crippen molar-refractivity contribution >= 4 is 11.9 Å². The van der Waals surface area contributed by atoms with Gasteiger partial charge in [0.15, 0.2) is 6.10 Å². The number of esters is 2.